The number of carbonyl (C=O) groups excluding carboxylic acids is 1. The maximum absolute atomic E-state index is 11.9. The van der Waals surface area contributed by atoms with E-state index in [-0.39, 0.29) is 12.5 Å². The summed E-state index contributed by atoms with van der Waals surface area (Å²) >= 11 is 0. The summed E-state index contributed by atoms with van der Waals surface area (Å²) in [6.07, 6.45) is 3.60. The van der Waals surface area contributed by atoms with Crippen molar-refractivity contribution in [1.29, 1.82) is 0 Å². The van der Waals surface area contributed by atoms with Crippen LogP contribution in [-0.4, -0.2) is 27.2 Å². The van der Waals surface area contributed by atoms with Crippen molar-refractivity contribution < 1.29 is 9.90 Å². The first kappa shape index (κ1) is 14.8. The molecule has 0 radical (unpaired) electrons. The van der Waals surface area contributed by atoms with Gasteiger partial charge >= 0.3 is 0 Å². The summed E-state index contributed by atoms with van der Waals surface area (Å²) < 4.78 is 1.68. The number of imidazole rings is 1. The molecule has 0 unspecified atom stereocenters. The van der Waals surface area contributed by atoms with Gasteiger partial charge in [-0.25, -0.2) is 4.98 Å². The molecule has 1 heterocycles. The van der Waals surface area contributed by atoms with Gasteiger partial charge < -0.3 is 15.0 Å². The van der Waals surface area contributed by atoms with Gasteiger partial charge in [0, 0.05) is 25.6 Å². The van der Waals surface area contributed by atoms with E-state index in [9.17, 15) is 4.79 Å². The predicted molar refractivity (Wildman–Crippen MR) is 79.4 cm³/mol. The minimum Gasteiger partial charge on any atom is -0.395 e. The summed E-state index contributed by atoms with van der Waals surface area (Å²) in [6, 6.07) is 7.64. The molecule has 2 rings (SSSR count). The van der Waals surface area contributed by atoms with Gasteiger partial charge in [0.15, 0.2) is 0 Å². The number of aliphatic hydroxyl groups excluding tert-OH is 1. The van der Waals surface area contributed by atoms with Gasteiger partial charge in [-0.3, -0.25) is 4.79 Å². The zero-order chi connectivity index (χ0) is 15.1. The normalized spacial score (nSPS) is 9.81. The van der Waals surface area contributed by atoms with E-state index in [0.29, 0.717) is 18.7 Å². The minimum absolute atomic E-state index is 0.0745. The molecule has 1 aromatic carbocycles. The average Bonchev–Trinajstić information content (AvgIpc) is 2.92. The summed E-state index contributed by atoms with van der Waals surface area (Å²) in [5.74, 6) is 5.67. The van der Waals surface area contributed by atoms with Gasteiger partial charge in [0.1, 0.15) is 5.69 Å². The molecule has 0 atom stereocenters. The Hall–Kier alpha value is -2.58. The molecule has 0 saturated carbocycles. The third kappa shape index (κ3) is 4.20. The van der Waals surface area contributed by atoms with Gasteiger partial charge in [-0.15, -0.1) is 0 Å². The molecule has 1 aromatic heterocycles. The van der Waals surface area contributed by atoms with Crippen molar-refractivity contribution in [1.82, 2.24) is 14.9 Å². The molecule has 21 heavy (non-hydrogen) atoms. The quantitative estimate of drug-likeness (QED) is 0.825. The first-order chi connectivity index (χ1) is 10.2. The molecule has 0 saturated heterocycles. The number of nitrogens with one attached hydrogen (secondary N) is 1. The molecule has 0 spiro atoms. The molecule has 0 aliphatic rings. The van der Waals surface area contributed by atoms with Crippen molar-refractivity contribution in [2.24, 2.45) is 7.05 Å². The fraction of sp³-hybridized carbons (Fsp3) is 0.250. The van der Waals surface area contributed by atoms with Gasteiger partial charge in [0.25, 0.3) is 5.91 Å². The molecule has 108 valence electrons. The Kier molecular flexibility index (Phi) is 5.13. The van der Waals surface area contributed by atoms with Gasteiger partial charge in [-0.2, -0.15) is 0 Å². The lowest BCUT2D eigenvalue weighted by atomic mass is 10.1. The first-order valence-corrected chi connectivity index (χ1v) is 6.64. The molecule has 5 heteroatoms. The van der Waals surface area contributed by atoms with Crippen LogP contribution >= 0.6 is 0 Å². The second-order valence-electron chi connectivity index (χ2n) is 4.54. The smallest absolute Gasteiger partial charge is 0.269 e. The van der Waals surface area contributed by atoms with E-state index < -0.39 is 0 Å². The molecule has 0 fully saturated rings. The second-order valence-corrected chi connectivity index (χ2v) is 4.54. The van der Waals surface area contributed by atoms with Crippen LogP contribution in [0.5, 0.6) is 0 Å². The van der Waals surface area contributed by atoms with Crippen molar-refractivity contribution in [3.63, 3.8) is 0 Å². The monoisotopic (exact) mass is 283 g/mol. The molecule has 5 nitrogen and oxygen atoms in total. The molecular formula is C16H17N3O2. The van der Waals surface area contributed by atoms with E-state index in [1.54, 1.807) is 17.9 Å². The number of carbonyl (C=O) groups is 1. The van der Waals surface area contributed by atoms with E-state index in [2.05, 4.69) is 22.1 Å². The largest absolute Gasteiger partial charge is 0.395 e. The SMILES string of the molecule is Cn1cncc1C(=O)NCc1ccc(C#CCCO)cc1. The average molecular weight is 283 g/mol. The maximum atomic E-state index is 11.9. The molecule has 2 N–H and O–H groups in total. The summed E-state index contributed by atoms with van der Waals surface area (Å²) in [4.78, 5) is 15.8. The molecule has 1 amide bonds. The van der Waals surface area contributed by atoms with Crippen molar-refractivity contribution in [2.75, 3.05) is 6.61 Å². The number of aromatic nitrogens is 2. The highest BCUT2D eigenvalue weighted by Gasteiger charge is 2.08. The highest BCUT2D eigenvalue weighted by molar-refractivity contribution is 5.92. The number of hydrogen-bond donors (Lipinski definition) is 2. The van der Waals surface area contributed by atoms with Crippen LogP contribution in [0, 0.1) is 11.8 Å². The fourth-order valence-electron chi connectivity index (χ4n) is 1.78. The summed E-state index contributed by atoms with van der Waals surface area (Å²) in [5.41, 5.74) is 2.42. The molecule has 0 aliphatic heterocycles. The third-order valence-corrected chi connectivity index (χ3v) is 2.93. The molecule has 0 bridgehead atoms. The Morgan fingerprint density at radius 1 is 1.38 bits per heavy atom. The zero-order valence-electron chi connectivity index (χ0n) is 11.8. The number of benzene rings is 1. The van der Waals surface area contributed by atoms with Crippen LogP contribution in [0.1, 0.15) is 28.0 Å². The van der Waals surface area contributed by atoms with Crippen molar-refractivity contribution in [3.8, 4) is 11.8 Å². The standard InChI is InChI=1S/C16H17N3O2/c1-19-12-17-11-15(19)16(21)18-10-14-7-5-13(6-8-14)4-2-3-9-20/h5-8,11-12,20H,3,9-10H2,1H3,(H,18,21). The number of rotatable bonds is 4. The van der Waals surface area contributed by atoms with Crippen LogP contribution in [0.2, 0.25) is 0 Å². The van der Waals surface area contributed by atoms with Crippen molar-refractivity contribution >= 4 is 5.91 Å². The van der Waals surface area contributed by atoms with E-state index in [0.717, 1.165) is 11.1 Å². The summed E-state index contributed by atoms with van der Waals surface area (Å²) in [5, 5.41) is 11.5. The molecule has 2 aromatic rings. The van der Waals surface area contributed by atoms with E-state index in [1.807, 2.05) is 24.3 Å². The molecular weight excluding hydrogens is 266 g/mol. The Balaban J connectivity index is 1.91. The van der Waals surface area contributed by atoms with E-state index >= 15 is 0 Å². The highest BCUT2D eigenvalue weighted by Crippen LogP contribution is 2.04. The van der Waals surface area contributed by atoms with Gasteiger partial charge in [0.05, 0.1) is 19.1 Å². The maximum Gasteiger partial charge on any atom is 0.269 e. The van der Waals surface area contributed by atoms with Crippen LogP contribution in [0.4, 0.5) is 0 Å². The lowest BCUT2D eigenvalue weighted by Crippen LogP contribution is -2.24. The Morgan fingerprint density at radius 3 is 2.76 bits per heavy atom. The predicted octanol–water partition coefficient (Wildman–Crippen LogP) is 1.08. The number of nitrogens with zero attached hydrogens (tertiary/aromatic N) is 2. The lowest BCUT2D eigenvalue weighted by molar-refractivity contribution is 0.0942. The van der Waals surface area contributed by atoms with E-state index in [4.69, 9.17) is 5.11 Å². The summed E-state index contributed by atoms with van der Waals surface area (Å²) in [6.45, 7) is 0.527. The number of hydrogen-bond acceptors (Lipinski definition) is 3. The number of amides is 1. The van der Waals surface area contributed by atoms with Gasteiger partial charge in [0.2, 0.25) is 0 Å². The Labute approximate surface area is 123 Å². The van der Waals surface area contributed by atoms with Crippen LogP contribution in [-0.2, 0) is 13.6 Å². The van der Waals surface area contributed by atoms with Crippen molar-refractivity contribution in [2.45, 2.75) is 13.0 Å². The van der Waals surface area contributed by atoms with Gasteiger partial charge in [-0.1, -0.05) is 24.0 Å². The van der Waals surface area contributed by atoms with Crippen LogP contribution in [0.25, 0.3) is 0 Å². The summed E-state index contributed by atoms with van der Waals surface area (Å²) in [7, 11) is 1.78. The van der Waals surface area contributed by atoms with E-state index in [1.165, 1.54) is 6.20 Å². The van der Waals surface area contributed by atoms with Crippen LogP contribution < -0.4 is 5.32 Å². The zero-order valence-corrected chi connectivity index (χ0v) is 11.8. The lowest BCUT2D eigenvalue weighted by Gasteiger charge is -2.05. The van der Waals surface area contributed by atoms with Gasteiger partial charge in [-0.05, 0) is 17.7 Å². The van der Waals surface area contributed by atoms with Crippen LogP contribution in [0.15, 0.2) is 36.8 Å². The van der Waals surface area contributed by atoms with Crippen LogP contribution in [0.3, 0.4) is 0 Å². The fourth-order valence-corrected chi connectivity index (χ4v) is 1.78. The third-order valence-electron chi connectivity index (χ3n) is 2.93. The van der Waals surface area contributed by atoms with Crippen molar-refractivity contribution in [3.05, 3.63) is 53.6 Å². The minimum atomic E-state index is -0.151. The topological polar surface area (TPSA) is 67.2 Å². The molecule has 0 aliphatic carbocycles. The second kappa shape index (κ2) is 7.27. The Morgan fingerprint density at radius 2 is 2.14 bits per heavy atom. The first-order valence-electron chi connectivity index (χ1n) is 6.64. The number of aryl methyl sites for hydroxylation is 1. The highest BCUT2D eigenvalue weighted by atomic mass is 16.2. The number of aliphatic hydroxyl groups is 1. The Bertz CT molecular complexity index is 663.